The molecule has 0 amide bonds. The van der Waals surface area contributed by atoms with Gasteiger partial charge in [-0.2, -0.15) is 15.3 Å². The van der Waals surface area contributed by atoms with Gasteiger partial charge in [0.2, 0.25) is 0 Å². The van der Waals surface area contributed by atoms with Crippen LogP contribution in [-0.4, -0.2) is 34.4 Å². The topological polar surface area (TPSA) is 135 Å². The number of rotatable bonds is 7. The Morgan fingerprint density at radius 3 is 2.53 bits per heavy atom. The molecule has 0 unspecified atom stereocenters. The molecule has 11 heteroatoms. The van der Waals surface area contributed by atoms with E-state index in [4.69, 9.17) is 9.26 Å². The van der Waals surface area contributed by atoms with Crippen molar-refractivity contribution in [3.05, 3.63) is 83.9 Å². The maximum Gasteiger partial charge on any atom is 0.259 e. The number of benzene rings is 2. The van der Waals surface area contributed by atoms with Crippen LogP contribution in [0, 0.1) is 18.3 Å². The van der Waals surface area contributed by atoms with Crippen LogP contribution < -0.4 is 10.1 Å². The molecule has 3 heterocycles. The molecule has 0 aliphatic heterocycles. The van der Waals surface area contributed by atoms with Gasteiger partial charge in [0, 0.05) is 18.1 Å². The minimum absolute atomic E-state index is 0.0731. The van der Waals surface area contributed by atoms with E-state index in [0.717, 1.165) is 23.3 Å². The zero-order valence-electron chi connectivity index (χ0n) is 19.3. The summed E-state index contributed by atoms with van der Waals surface area (Å²) in [5.74, 6) is 1.33. The molecular weight excluding hydrogens is 480 g/mol. The first kappa shape index (κ1) is 23.1. The minimum atomic E-state index is -3.31. The predicted molar refractivity (Wildman–Crippen MR) is 133 cm³/mol. The van der Waals surface area contributed by atoms with Crippen LogP contribution in [0.1, 0.15) is 17.0 Å². The summed E-state index contributed by atoms with van der Waals surface area (Å²) in [4.78, 5) is 4.22. The van der Waals surface area contributed by atoms with Crippen LogP contribution in [0.15, 0.2) is 71.5 Å². The van der Waals surface area contributed by atoms with Gasteiger partial charge in [-0.05, 0) is 48.9 Å². The number of aryl methyl sites for hydroxylation is 1. The maximum atomic E-state index is 11.6. The molecule has 0 spiro atoms. The van der Waals surface area contributed by atoms with E-state index < -0.39 is 9.84 Å². The van der Waals surface area contributed by atoms with Gasteiger partial charge in [-0.3, -0.25) is 0 Å². The average molecular weight is 501 g/mol. The Morgan fingerprint density at radius 1 is 1.11 bits per heavy atom. The summed E-state index contributed by atoms with van der Waals surface area (Å²) in [6.07, 6.45) is 4.27. The number of anilines is 2. The van der Waals surface area contributed by atoms with Crippen LogP contribution in [0.4, 0.5) is 11.4 Å². The van der Waals surface area contributed by atoms with Crippen molar-refractivity contribution < 1.29 is 17.7 Å². The number of nitrogens with one attached hydrogen (secondary N) is 1. The van der Waals surface area contributed by atoms with Crippen molar-refractivity contribution in [3.63, 3.8) is 0 Å². The Kier molecular flexibility index (Phi) is 5.87. The number of aromatic nitrogens is 4. The zero-order chi connectivity index (χ0) is 25.3. The van der Waals surface area contributed by atoms with Crippen molar-refractivity contribution in [3.8, 4) is 29.0 Å². The van der Waals surface area contributed by atoms with Crippen molar-refractivity contribution in [2.24, 2.45) is 0 Å². The molecule has 5 aromatic rings. The molecule has 0 fully saturated rings. The highest BCUT2D eigenvalue weighted by atomic mass is 32.2. The van der Waals surface area contributed by atoms with Crippen LogP contribution in [0.5, 0.6) is 11.5 Å². The van der Waals surface area contributed by atoms with E-state index in [9.17, 15) is 13.7 Å². The molecular formula is C25H20N6O4S. The lowest BCUT2D eigenvalue weighted by molar-refractivity contribution is 0.424. The van der Waals surface area contributed by atoms with Crippen molar-refractivity contribution in [2.45, 2.75) is 12.7 Å². The fourth-order valence-corrected chi connectivity index (χ4v) is 4.33. The van der Waals surface area contributed by atoms with Gasteiger partial charge >= 0.3 is 0 Å². The molecule has 1 N–H and O–H groups in total. The molecule has 5 rings (SSSR count). The first-order chi connectivity index (χ1) is 17.3. The quantitative estimate of drug-likeness (QED) is 0.339. The molecule has 36 heavy (non-hydrogen) atoms. The summed E-state index contributed by atoms with van der Waals surface area (Å²) in [6.45, 7) is 1.84. The number of fused-ring (bicyclic) bond motifs is 1. The molecule has 2 aromatic carbocycles. The lowest BCUT2D eigenvalue weighted by Gasteiger charge is -2.12. The van der Waals surface area contributed by atoms with E-state index in [0.29, 0.717) is 28.1 Å². The van der Waals surface area contributed by atoms with Crippen LogP contribution in [0.2, 0.25) is 0 Å². The maximum absolute atomic E-state index is 11.6. The van der Waals surface area contributed by atoms with Crippen molar-refractivity contribution in [1.29, 1.82) is 5.26 Å². The summed E-state index contributed by atoms with van der Waals surface area (Å²) in [5, 5.41) is 21.2. The zero-order valence-corrected chi connectivity index (χ0v) is 20.2. The molecule has 0 bridgehead atoms. The number of nitriles is 1. The lowest BCUT2D eigenvalue weighted by atomic mass is 10.1. The summed E-state index contributed by atoms with van der Waals surface area (Å²) in [7, 11) is -3.31. The Balaban J connectivity index is 1.48. The highest BCUT2D eigenvalue weighted by molar-refractivity contribution is 7.89. The van der Waals surface area contributed by atoms with Gasteiger partial charge < -0.3 is 14.6 Å². The highest BCUT2D eigenvalue weighted by Crippen LogP contribution is 2.34. The van der Waals surface area contributed by atoms with Crippen molar-refractivity contribution >= 4 is 26.7 Å². The van der Waals surface area contributed by atoms with Gasteiger partial charge in [0.05, 0.1) is 28.5 Å². The Bertz CT molecular complexity index is 1700. The van der Waals surface area contributed by atoms with Gasteiger partial charge in [0.15, 0.2) is 15.7 Å². The third kappa shape index (κ3) is 4.75. The second kappa shape index (κ2) is 9.16. The van der Waals surface area contributed by atoms with Crippen molar-refractivity contribution in [2.75, 3.05) is 11.6 Å². The summed E-state index contributed by atoms with van der Waals surface area (Å²) in [6, 6.07) is 19.0. The number of hydrogen-bond donors (Lipinski definition) is 1. The van der Waals surface area contributed by atoms with E-state index in [-0.39, 0.29) is 17.5 Å². The second-order valence-corrected chi connectivity index (χ2v) is 10.3. The average Bonchev–Trinajstić information content (AvgIpc) is 3.44. The third-order valence-corrected chi connectivity index (χ3v) is 6.15. The minimum Gasteiger partial charge on any atom is -0.457 e. The molecule has 0 saturated carbocycles. The van der Waals surface area contributed by atoms with E-state index in [1.807, 2.05) is 61.5 Å². The van der Waals surface area contributed by atoms with Crippen LogP contribution in [0.3, 0.4) is 0 Å². The monoisotopic (exact) mass is 500 g/mol. The predicted octanol–water partition coefficient (Wildman–Crippen LogP) is 4.64. The lowest BCUT2D eigenvalue weighted by Crippen LogP contribution is -2.02. The fraction of sp³-hybridized carbons (Fsp3) is 0.120. The highest BCUT2D eigenvalue weighted by Gasteiger charge is 2.21. The number of para-hydroxylation sites is 1. The van der Waals surface area contributed by atoms with Crippen LogP contribution in [-0.2, 0) is 15.6 Å². The summed E-state index contributed by atoms with van der Waals surface area (Å²) < 4.78 is 35.9. The molecule has 0 aliphatic carbocycles. The largest absolute Gasteiger partial charge is 0.457 e. The van der Waals surface area contributed by atoms with E-state index in [2.05, 4.69) is 26.6 Å². The SMILES string of the molecule is Cc1c(-c2nc(CS(C)(=O)=O)no2)cn2ncc(C#N)c(Nc3ccc(Oc4ccccc4)cc3)c12. The normalized spacial score (nSPS) is 11.4. The Hall–Kier alpha value is -4.69. The molecule has 0 atom stereocenters. The first-order valence-corrected chi connectivity index (χ1v) is 12.9. The fourth-order valence-electron chi connectivity index (χ4n) is 3.75. The standard InChI is InChI=1S/C25H20N6O4S/c1-16-21(25-29-22(30-35-25)15-36(2,32)33)14-31-24(16)23(17(12-26)13-27-31)28-18-8-10-20(11-9-18)34-19-6-4-3-5-7-19/h3-11,13-14,28H,15H2,1-2H3. The second-order valence-electron chi connectivity index (χ2n) is 8.16. The van der Waals surface area contributed by atoms with Gasteiger partial charge in [0.1, 0.15) is 23.3 Å². The Morgan fingerprint density at radius 2 is 1.83 bits per heavy atom. The molecule has 3 aromatic heterocycles. The van der Waals surface area contributed by atoms with Gasteiger partial charge in [0.25, 0.3) is 5.89 Å². The number of sulfone groups is 1. The number of ether oxygens (including phenoxy) is 1. The number of hydrogen-bond acceptors (Lipinski definition) is 9. The van der Waals surface area contributed by atoms with E-state index in [1.54, 1.807) is 10.7 Å². The van der Waals surface area contributed by atoms with Gasteiger partial charge in [-0.15, -0.1) is 0 Å². The van der Waals surface area contributed by atoms with Crippen molar-refractivity contribution in [1.82, 2.24) is 19.8 Å². The van der Waals surface area contributed by atoms with Gasteiger partial charge in [-0.1, -0.05) is 23.4 Å². The smallest absolute Gasteiger partial charge is 0.259 e. The molecule has 180 valence electrons. The Labute approximate surface area is 206 Å². The van der Waals surface area contributed by atoms with E-state index in [1.165, 1.54) is 6.20 Å². The third-order valence-electron chi connectivity index (χ3n) is 5.37. The van der Waals surface area contributed by atoms with E-state index >= 15 is 0 Å². The number of nitrogens with zero attached hydrogens (tertiary/aromatic N) is 5. The molecule has 0 radical (unpaired) electrons. The first-order valence-electron chi connectivity index (χ1n) is 10.8. The summed E-state index contributed by atoms with van der Waals surface area (Å²) in [5.41, 5.74) is 3.62. The molecule has 0 saturated heterocycles. The van der Waals surface area contributed by atoms with Crippen LogP contribution in [0.25, 0.3) is 17.0 Å². The molecule has 0 aliphatic rings. The van der Waals surface area contributed by atoms with Crippen LogP contribution >= 0.6 is 0 Å². The molecule has 10 nitrogen and oxygen atoms in total. The van der Waals surface area contributed by atoms with Gasteiger partial charge in [-0.25, -0.2) is 12.9 Å². The summed E-state index contributed by atoms with van der Waals surface area (Å²) >= 11 is 0.